The number of anilines is 1. The van der Waals surface area contributed by atoms with Crippen molar-refractivity contribution in [1.82, 2.24) is 5.32 Å². The molecular weight excluding hydrogens is 360 g/mol. The van der Waals surface area contributed by atoms with E-state index < -0.39 is 0 Å². The fourth-order valence-corrected chi connectivity index (χ4v) is 2.89. The second-order valence-electron chi connectivity index (χ2n) is 5.80. The van der Waals surface area contributed by atoms with E-state index >= 15 is 0 Å². The van der Waals surface area contributed by atoms with Gasteiger partial charge in [-0.1, -0.05) is 31.7 Å². The maximum atomic E-state index is 5.55. The van der Waals surface area contributed by atoms with Gasteiger partial charge in [-0.05, 0) is 48.5 Å². The molecule has 2 N–H and O–H groups in total. The predicted molar refractivity (Wildman–Crippen MR) is 114 cm³/mol. The normalized spacial score (nSPS) is 11.2. The minimum Gasteiger partial charge on any atom is -0.493 e. The van der Waals surface area contributed by atoms with Gasteiger partial charge < -0.3 is 24.8 Å². The van der Waals surface area contributed by atoms with E-state index in [-0.39, 0.29) is 6.04 Å². The summed E-state index contributed by atoms with van der Waals surface area (Å²) >= 11 is 5.48. The molecule has 0 saturated heterocycles. The van der Waals surface area contributed by atoms with E-state index in [1.807, 2.05) is 42.5 Å². The lowest BCUT2D eigenvalue weighted by Gasteiger charge is -2.21. The number of ether oxygens (including phenoxy) is 3. The van der Waals surface area contributed by atoms with Crippen LogP contribution in [-0.4, -0.2) is 25.9 Å². The molecule has 1 unspecified atom stereocenters. The van der Waals surface area contributed by atoms with Crippen molar-refractivity contribution in [3.63, 3.8) is 0 Å². The van der Waals surface area contributed by atoms with Gasteiger partial charge in [0.1, 0.15) is 12.4 Å². The van der Waals surface area contributed by atoms with Crippen molar-refractivity contribution >= 4 is 23.0 Å². The Hall–Kier alpha value is -2.73. The van der Waals surface area contributed by atoms with Crippen molar-refractivity contribution < 1.29 is 14.2 Å². The maximum absolute atomic E-state index is 5.55. The first-order valence-corrected chi connectivity index (χ1v) is 9.15. The van der Waals surface area contributed by atoms with Gasteiger partial charge in [0.15, 0.2) is 16.6 Å². The molecule has 0 amide bonds. The molecule has 0 aliphatic heterocycles. The zero-order valence-electron chi connectivity index (χ0n) is 16.0. The summed E-state index contributed by atoms with van der Waals surface area (Å²) in [5.74, 6) is 2.16. The van der Waals surface area contributed by atoms with E-state index in [4.69, 9.17) is 26.4 Å². The van der Waals surface area contributed by atoms with Crippen LogP contribution in [0.5, 0.6) is 17.2 Å². The highest BCUT2D eigenvalue weighted by Gasteiger charge is 2.14. The van der Waals surface area contributed by atoms with Crippen LogP contribution in [-0.2, 0) is 0 Å². The summed E-state index contributed by atoms with van der Waals surface area (Å²) in [5.41, 5.74) is 1.93. The van der Waals surface area contributed by atoms with Gasteiger partial charge in [-0.2, -0.15) is 0 Å². The van der Waals surface area contributed by atoms with Crippen LogP contribution in [0, 0.1) is 0 Å². The molecule has 144 valence electrons. The smallest absolute Gasteiger partial charge is 0.171 e. The molecule has 0 radical (unpaired) electrons. The molecule has 2 aromatic carbocycles. The predicted octanol–water partition coefficient (Wildman–Crippen LogP) is 4.71. The number of thiocarbonyl (C=S) groups is 1. The van der Waals surface area contributed by atoms with E-state index in [2.05, 4.69) is 24.1 Å². The van der Waals surface area contributed by atoms with E-state index in [9.17, 15) is 0 Å². The van der Waals surface area contributed by atoms with Crippen LogP contribution < -0.4 is 24.8 Å². The summed E-state index contributed by atoms with van der Waals surface area (Å²) in [5, 5.41) is 7.09. The van der Waals surface area contributed by atoms with Crippen LogP contribution in [0.1, 0.15) is 24.9 Å². The molecule has 27 heavy (non-hydrogen) atoms. The summed E-state index contributed by atoms with van der Waals surface area (Å²) in [6.07, 6.45) is 2.57. The summed E-state index contributed by atoms with van der Waals surface area (Å²) in [6, 6.07) is 13.6. The minimum atomic E-state index is 0.0463. The largest absolute Gasteiger partial charge is 0.493 e. The standard InChI is InChI=1S/C21H26N2O3S/c1-5-12-26-17-9-7-8-16(14-17)22-21(27)23-18(6-2)15-10-11-19(24-3)20(13-15)25-4/h5,7-11,13-14,18H,1,6,12H2,2-4H3,(H2,22,23,27). The lowest BCUT2D eigenvalue weighted by molar-refractivity contribution is 0.354. The first kappa shape index (κ1) is 20.6. The summed E-state index contributed by atoms with van der Waals surface area (Å²) in [7, 11) is 3.25. The molecule has 0 bridgehead atoms. The van der Waals surface area contributed by atoms with E-state index in [1.165, 1.54) is 0 Å². The fourth-order valence-electron chi connectivity index (χ4n) is 2.63. The topological polar surface area (TPSA) is 51.8 Å². The van der Waals surface area contributed by atoms with Gasteiger partial charge in [0, 0.05) is 11.8 Å². The van der Waals surface area contributed by atoms with Gasteiger partial charge in [-0.3, -0.25) is 0 Å². The Morgan fingerprint density at radius 3 is 2.59 bits per heavy atom. The SMILES string of the molecule is C=CCOc1cccc(NC(=S)NC(CC)c2ccc(OC)c(OC)c2)c1. The average Bonchev–Trinajstić information content (AvgIpc) is 2.70. The van der Waals surface area contributed by atoms with Crippen LogP contribution in [0.4, 0.5) is 5.69 Å². The van der Waals surface area contributed by atoms with Crippen molar-refractivity contribution in [1.29, 1.82) is 0 Å². The number of nitrogens with one attached hydrogen (secondary N) is 2. The molecule has 1 atom stereocenters. The molecular formula is C21H26N2O3S. The zero-order valence-corrected chi connectivity index (χ0v) is 16.8. The van der Waals surface area contributed by atoms with Crippen molar-refractivity contribution in [2.45, 2.75) is 19.4 Å². The monoisotopic (exact) mass is 386 g/mol. The van der Waals surface area contributed by atoms with Gasteiger partial charge in [0.05, 0.1) is 20.3 Å². The van der Waals surface area contributed by atoms with Gasteiger partial charge in [0.25, 0.3) is 0 Å². The highest BCUT2D eigenvalue weighted by Crippen LogP contribution is 2.31. The highest BCUT2D eigenvalue weighted by molar-refractivity contribution is 7.80. The zero-order chi connectivity index (χ0) is 19.6. The summed E-state index contributed by atoms with van der Waals surface area (Å²) in [4.78, 5) is 0. The lowest BCUT2D eigenvalue weighted by atomic mass is 10.0. The third-order valence-corrected chi connectivity index (χ3v) is 4.20. The molecule has 0 aromatic heterocycles. The minimum absolute atomic E-state index is 0.0463. The molecule has 2 rings (SSSR count). The van der Waals surface area contributed by atoms with E-state index in [0.29, 0.717) is 23.2 Å². The van der Waals surface area contributed by atoms with Crippen LogP contribution in [0.25, 0.3) is 0 Å². The van der Waals surface area contributed by atoms with Crippen molar-refractivity contribution in [3.05, 3.63) is 60.7 Å². The number of hydrogen-bond donors (Lipinski definition) is 2. The molecule has 0 saturated carbocycles. The van der Waals surface area contributed by atoms with Gasteiger partial charge in [-0.15, -0.1) is 0 Å². The Bertz CT molecular complexity index is 780. The third kappa shape index (κ3) is 5.89. The van der Waals surface area contributed by atoms with Crippen LogP contribution >= 0.6 is 12.2 Å². The first-order chi connectivity index (χ1) is 13.1. The molecule has 0 aliphatic rings. The number of rotatable bonds is 9. The van der Waals surface area contributed by atoms with Crippen molar-refractivity contribution in [3.8, 4) is 17.2 Å². The number of benzene rings is 2. The first-order valence-electron chi connectivity index (χ1n) is 8.74. The molecule has 2 aromatic rings. The van der Waals surface area contributed by atoms with E-state index in [0.717, 1.165) is 23.4 Å². The number of hydrogen-bond acceptors (Lipinski definition) is 4. The second kappa shape index (κ2) is 10.4. The van der Waals surface area contributed by atoms with Crippen molar-refractivity contribution in [2.24, 2.45) is 0 Å². The molecule has 0 aliphatic carbocycles. The summed E-state index contributed by atoms with van der Waals surface area (Å²) in [6.45, 7) is 6.21. The van der Waals surface area contributed by atoms with Gasteiger partial charge in [-0.25, -0.2) is 0 Å². The third-order valence-electron chi connectivity index (χ3n) is 3.98. The van der Waals surface area contributed by atoms with Crippen molar-refractivity contribution in [2.75, 3.05) is 26.1 Å². The summed E-state index contributed by atoms with van der Waals surface area (Å²) < 4.78 is 16.2. The Labute approximate surface area is 166 Å². The molecule has 0 spiro atoms. The quantitative estimate of drug-likeness (QED) is 0.481. The Morgan fingerprint density at radius 1 is 1.15 bits per heavy atom. The molecule has 0 fully saturated rings. The van der Waals surface area contributed by atoms with Crippen LogP contribution in [0.2, 0.25) is 0 Å². The second-order valence-corrected chi connectivity index (χ2v) is 6.21. The van der Waals surface area contributed by atoms with Gasteiger partial charge in [0.2, 0.25) is 0 Å². The van der Waals surface area contributed by atoms with Gasteiger partial charge >= 0.3 is 0 Å². The lowest BCUT2D eigenvalue weighted by Crippen LogP contribution is -2.32. The van der Waals surface area contributed by atoms with Crippen LogP contribution in [0.15, 0.2) is 55.1 Å². The Kier molecular flexibility index (Phi) is 7.95. The fraction of sp³-hybridized carbons (Fsp3) is 0.286. The molecule has 6 heteroatoms. The highest BCUT2D eigenvalue weighted by atomic mass is 32.1. The van der Waals surface area contributed by atoms with E-state index in [1.54, 1.807) is 20.3 Å². The molecule has 5 nitrogen and oxygen atoms in total. The maximum Gasteiger partial charge on any atom is 0.171 e. The average molecular weight is 387 g/mol. The number of methoxy groups -OCH3 is 2. The van der Waals surface area contributed by atoms with Crippen LogP contribution in [0.3, 0.4) is 0 Å². The Morgan fingerprint density at radius 2 is 1.93 bits per heavy atom. The Balaban J connectivity index is 2.06. The molecule has 0 heterocycles.